The standard InChI is InChI=1S/C20H25N3O2/c1-4-12-23(13-5-2)20(25)18-14-16(10-11-21-18)19(24)22-17-8-6-15(3)7-9-17/h6-11,14H,4-5,12-13H2,1-3H3,(H,22,24). The molecule has 0 aliphatic carbocycles. The Bertz CT molecular complexity index is 720. The molecule has 1 N–H and O–H groups in total. The molecule has 2 amide bonds. The first-order valence-corrected chi connectivity index (χ1v) is 8.68. The van der Waals surface area contributed by atoms with Crippen LogP contribution >= 0.6 is 0 Å². The predicted octanol–water partition coefficient (Wildman–Crippen LogP) is 3.90. The largest absolute Gasteiger partial charge is 0.337 e. The highest BCUT2D eigenvalue weighted by atomic mass is 16.2. The third-order valence-corrected chi connectivity index (χ3v) is 3.82. The first-order valence-electron chi connectivity index (χ1n) is 8.68. The second-order valence-electron chi connectivity index (χ2n) is 6.04. The summed E-state index contributed by atoms with van der Waals surface area (Å²) < 4.78 is 0. The third-order valence-electron chi connectivity index (χ3n) is 3.82. The molecule has 1 aromatic heterocycles. The van der Waals surface area contributed by atoms with Gasteiger partial charge in [-0.3, -0.25) is 14.6 Å². The van der Waals surface area contributed by atoms with Crippen LogP contribution in [0.4, 0.5) is 5.69 Å². The quantitative estimate of drug-likeness (QED) is 0.832. The maximum atomic E-state index is 12.6. The van der Waals surface area contributed by atoms with E-state index in [1.165, 1.54) is 6.20 Å². The van der Waals surface area contributed by atoms with Crippen molar-refractivity contribution >= 4 is 17.5 Å². The molecule has 5 nitrogen and oxygen atoms in total. The van der Waals surface area contributed by atoms with Gasteiger partial charge in [-0.05, 0) is 44.0 Å². The monoisotopic (exact) mass is 339 g/mol. The lowest BCUT2D eigenvalue weighted by atomic mass is 10.1. The van der Waals surface area contributed by atoms with E-state index in [1.54, 1.807) is 17.0 Å². The molecule has 2 rings (SSSR count). The van der Waals surface area contributed by atoms with Crippen molar-refractivity contribution in [2.75, 3.05) is 18.4 Å². The highest BCUT2D eigenvalue weighted by Crippen LogP contribution is 2.12. The van der Waals surface area contributed by atoms with E-state index in [2.05, 4.69) is 10.3 Å². The van der Waals surface area contributed by atoms with E-state index in [1.807, 2.05) is 45.0 Å². The zero-order chi connectivity index (χ0) is 18.2. The molecule has 0 fully saturated rings. The third kappa shape index (κ3) is 5.14. The summed E-state index contributed by atoms with van der Waals surface area (Å²) in [5, 5.41) is 2.84. The van der Waals surface area contributed by atoms with E-state index in [9.17, 15) is 9.59 Å². The first-order chi connectivity index (χ1) is 12.0. The Morgan fingerprint density at radius 2 is 1.68 bits per heavy atom. The molecule has 0 bridgehead atoms. The predicted molar refractivity (Wildman–Crippen MR) is 99.9 cm³/mol. The summed E-state index contributed by atoms with van der Waals surface area (Å²) in [6, 6.07) is 10.7. The maximum absolute atomic E-state index is 12.6. The van der Waals surface area contributed by atoms with Crippen LogP contribution < -0.4 is 5.32 Å². The average molecular weight is 339 g/mol. The average Bonchev–Trinajstić information content (AvgIpc) is 2.63. The van der Waals surface area contributed by atoms with Crippen LogP contribution in [0.3, 0.4) is 0 Å². The Morgan fingerprint density at radius 1 is 1.04 bits per heavy atom. The van der Waals surface area contributed by atoms with E-state index < -0.39 is 0 Å². The fourth-order valence-electron chi connectivity index (χ4n) is 2.55. The minimum Gasteiger partial charge on any atom is -0.337 e. The zero-order valence-electron chi connectivity index (χ0n) is 15.1. The number of rotatable bonds is 7. The van der Waals surface area contributed by atoms with Gasteiger partial charge in [-0.25, -0.2) is 0 Å². The molecule has 0 saturated carbocycles. The van der Waals surface area contributed by atoms with Crippen LogP contribution in [-0.2, 0) is 0 Å². The summed E-state index contributed by atoms with van der Waals surface area (Å²) in [6.07, 6.45) is 3.28. The van der Waals surface area contributed by atoms with Crippen LogP contribution in [0, 0.1) is 6.92 Å². The van der Waals surface area contributed by atoms with Crippen LogP contribution in [0.15, 0.2) is 42.6 Å². The minimum absolute atomic E-state index is 0.131. The van der Waals surface area contributed by atoms with Crippen LogP contribution in [0.25, 0.3) is 0 Å². The fourth-order valence-corrected chi connectivity index (χ4v) is 2.55. The molecule has 1 heterocycles. The van der Waals surface area contributed by atoms with Crippen LogP contribution in [-0.4, -0.2) is 34.8 Å². The van der Waals surface area contributed by atoms with Crippen molar-refractivity contribution in [3.8, 4) is 0 Å². The summed E-state index contributed by atoms with van der Waals surface area (Å²) in [5.41, 5.74) is 2.57. The lowest BCUT2D eigenvalue weighted by Gasteiger charge is -2.21. The molecule has 0 radical (unpaired) electrons. The summed E-state index contributed by atoms with van der Waals surface area (Å²) in [6.45, 7) is 7.44. The number of pyridine rings is 1. The number of nitrogens with zero attached hydrogens (tertiary/aromatic N) is 2. The van der Waals surface area contributed by atoms with Gasteiger partial charge in [-0.1, -0.05) is 31.5 Å². The zero-order valence-corrected chi connectivity index (χ0v) is 15.1. The lowest BCUT2D eigenvalue weighted by Crippen LogP contribution is -2.33. The van der Waals surface area contributed by atoms with Gasteiger partial charge in [0.15, 0.2) is 0 Å². The number of anilines is 1. The Morgan fingerprint density at radius 3 is 2.28 bits per heavy atom. The number of hydrogen-bond donors (Lipinski definition) is 1. The van der Waals surface area contributed by atoms with Gasteiger partial charge < -0.3 is 10.2 Å². The number of aromatic nitrogens is 1. The van der Waals surface area contributed by atoms with Gasteiger partial charge in [0.2, 0.25) is 0 Å². The number of hydrogen-bond acceptors (Lipinski definition) is 3. The Hall–Kier alpha value is -2.69. The van der Waals surface area contributed by atoms with Crippen LogP contribution in [0.5, 0.6) is 0 Å². The highest BCUT2D eigenvalue weighted by Gasteiger charge is 2.17. The summed E-state index contributed by atoms with van der Waals surface area (Å²) in [5.74, 6) is -0.383. The van der Waals surface area contributed by atoms with Crippen molar-refractivity contribution in [3.63, 3.8) is 0 Å². The fraction of sp³-hybridized carbons (Fsp3) is 0.350. The number of aryl methyl sites for hydroxylation is 1. The molecule has 25 heavy (non-hydrogen) atoms. The second kappa shape index (κ2) is 8.97. The van der Waals surface area contributed by atoms with Crippen LogP contribution in [0.2, 0.25) is 0 Å². The number of carbonyl (C=O) groups is 2. The number of benzene rings is 1. The summed E-state index contributed by atoms with van der Waals surface area (Å²) >= 11 is 0. The van der Waals surface area contributed by atoms with Crippen molar-refractivity contribution in [1.29, 1.82) is 0 Å². The number of nitrogens with one attached hydrogen (secondary N) is 1. The SMILES string of the molecule is CCCN(CCC)C(=O)c1cc(C(=O)Nc2ccc(C)cc2)ccn1. The van der Waals surface area contributed by atoms with Gasteiger partial charge in [0.25, 0.3) is 11.8 Å². The molecule has 1 aromatic carbocycles. The van der Waals surface area contributed by atoms with Gasteiger partial charge in [0, 0.05) is 30.5 Å². The molecule has 0 aliphatic heterocycles. The first kappa shape index (κ1) is 18.6. The Balaban J connectivity index is 2.15. The van der Waals surface area contributed by atoms with Crippen LogP contribution in [0.1, 0.15) is 53.1 Å². The molecule has 0 atom stereocenters. The molecule has 0 aliphatic rings. The maximum Gasteiger partial charge on any atom is 0.272 e. The molecule has 0 saturated heterocycles. The topological polar surface area (TPSA) is 62.3 Å². The Labute approximate surface area is 149 Å². The summed E-state index contributed by atoms with van der Waals surface area (Å²) in [4.78, 5) is 31.0. The Kier molecular flexibility index (Phi) is 6.69. The van der Waals surface area contributed by atoms with Crippen molar-refractivity contribution < 1.29 is 9.59 Å². The highest BCUT2D eigenvalue weighted by molar-refractivity contribution is 6.05. The molecule has 5 heteroatoms. The smallest absolute Gasteiger partial charge is 0.272 e. The van der Waals surface area contributed by atoms with E-state index in [-0.39, 0.29) is 11.8 Å². The number of carbonyl (C=O) groups excluding carboxylic acids is 2. The number of amides is 2. The second-order valence-corrected chi connectivity index (χ2v) is 6.04. The van der Waals surface area contributed by atoms with E-state index in [0.717, 1.165) is 24.1 Å². The van der Waals surface area contributed by atoms with Crippen molar-refractivity contribution in [1.82, 2.24) is 9.88 Å². The van der Waals surface area contributed by atoms with Gasteiger partial charge >= 0.3 is 0 Å². The van der Waals surface area contributed by atoms with Gasteiger partial charge in [-0.15, -0.1) is 0 Å². The normalized spacial score (nSPS) is 10.4. The van der Waals surface area contributed by atoms with Gasteiger partial charge in [0.1, 0.15) is 5.69 Å². The van der Waals surface area contributed by atoms with E-state index in [4.69, 9.17) is 0 Å². The lowest BCUT2D eigenvalue weighted by molar-refractivity contribution is 0.0749. The van der Waals surface area contributed by atoms with Gasteiger partial charge in [-0.2, -0.15) is 0 Å². The van der Waals surface area contributed by atoms with Gasteiger partial charge in [0.05, 0.1) is 0 Å². The van der Waals surface area contributed by atoms with Crippen molar-refractivity contribution in [2.24, 2.45) is 0 Å². The molecule has 2 aromatic rings. The molecule has 132 valence electrons. The minimum atomic E-state index is -0.252. The van der Waals surface area contributed by atoms with E-state index >= 15 is 0 Å². The molecule has 0 unspecified atom stereocenters. The van der Waals surface area contributed by atoms with E-state index in [0.29, 0.717) is 24.3 Å². The van der Waals surface area contributed by atoms with Crippen molar-refractivity contribution in [3.05, 3.63) is 59.4 Å². The molecular weight excluding hydrogens is 314 g/mol. The summed E-state index contributed by atoms with van der Waals surface area (Å²) in [7, 11) is 0. The van der Waals surface area contributed by atoms with Crippen molar-refractivity contribution in [2.45, 2.75) is 33.6 Å². The molecule has 0 spiro atoms. The molecular formula is C20H25N3O2.